The van der Waals surface area contributed by atoms with E-state index in [-0.39, 0.29) is 12.8 Å². The van der Waals surface area contributed by atoms with Gasteiger partial charge in [-0.2, -0.15) is 0 Å². The number of pyridine rings is 1. The first-order valence-corrected chi connectivity index (χ1v) is 9.95. The number of allylic oxidation sites excluding steroid dienone is 1. The molecule has 0 saturated carbocycles. The van der Waals surface area contributed by atoms with Crippen LogP contribution in [-0.4, -0.2) is 58.6 Å². The van der Waals surface area contributed by atoms with Gasteiger partial charge in [0.1, 0.15) is 6.10 Å². The summed E-state index contributed by atoms with van der Waals surface area (Å²) >= 11 is 0. The Morgan fingerprint density at radius 2 is 1.87 bits per heavy atom. The first-order chi connectivity index (χ1) is 14.8. The molecule has 0 spiro atoms. The third-order valence-corrected chi connectivity index (χ3v) is 4.48. The number of nitrogens with zero attached hydrogens (tertiary/aromatic N) is 2. The van der Waals surface area contributed by atoms with Gasteiger partial charge >= 0.3 is 0 Å². The van der Waals surface area contributed by atoms with E-state index >= 15 is 0 Å². The zero-order chi connectivity index (χ0) is 23.2. The van der Waals surface area contributed by atoms with E-state index in [1.165, 1.54) is 17.5 Å². The highest BCUT2D eigenvalue weighted by Crippen LogP contribution is 2.15. The van der Waals surface area contributed by atoms with E-state index in [0.717, 1.165) is 5.69 Å². The van der Waals surface area contributed by atoms with Gasteiger partial charge in [-0.05, 0) is 56.9 Å². The summed E-state index contributed by atoms with van der Waals surface area (Å²) in [6, 6.07) is 14.1. The molecule has 0 aliphatic rings. The van der Waals surface area contributed by atoms with Crippen molar-refractivity contribution in [2.45, 2.75) is 38.6 Å². The first kappa shape index (κ1) is 26.0. The van der Waals surface area contributed by atoms with Crippen molar-refractivity contribution in [3.05, 3.63) is 72.2 Å². The van der Waals surface area contributed by atoms with Crippen LogP contribution in [0.25, 0.3) is 0 Å². The number of aldehydes is 1. The smallest absolute Gasteiger partial charge is 0.254 e. The largest absolute Gasteiger partial charge is 0.382 e. The number of hydrogen-bond acceptors (Lipinski definition) is 7. The van der Waals surface area contributed by atoms with Crippen LogP contribution in [0, 0.1) is 0 Å². The number of carbonyl (C=O) groups is 2. The molecule has 4 N–H and O–H groups in total. The molecule has 1 heterocycles. The molecule has 0 saturated heterocycles. The Labute approximate surface area is 183 Å². The van der Waals surface area contributed by atoms with Gasteiger partial charge in [0.25, 0.3) is 5.91 Å². The third-order valence-electron chi connectivity index (χ3n) is 4.48. The van der Waals surface area contributed by atoms with Crippen molar-refractivity contribution in [3.63, 3.8) is 0 Å². The Kier molecular flexibility index (Phi) is 11.7. The molecular formula is C23H32N4O4. The Bertz CT molecular complexity index is 812. The minimum absolute atomic E-state index is 0.122. The number of aliphatic hydroxyl groups is 2. The summed E-state index contributed by atoms with van der Waals surface area (Å²) in [7, 11) is 3.43. The topological polar surface area (TPSA) is 115 Å². The summed E-state index contributed by atoms with van der Waals surface area (Å²) in [6.45, 7) is 4.33. The molecule has 1 aromatic heterocycles. The lowest BCUT2D eigenvalue weighted by molar-refractivity contribution is -0.148. The summed E-state index contributed by atoms with van der Waals surface area (Å²) in [6.07, 6.45) is 2.18. The molecule has 31 heavy (non-hydrogen) atoms. The minimum Gasteiger partial charge on any atom is -0.382 e. The van der Waals surface area contributed by atoms with Crippen LogP contribution in [0.15, 0.2) is 60.9 Å². The third kappa shape index (κ3) is 9.08. The fourth-order valence-corrected chi connectivity index (χ4v) is 2.47. The molecule has 1 aromatic carbocycles. The minimum atomic E-state index is -1.73. The zero-order valence-electron chi connectivity index (χ0n) is 18.4. The van der Waals surface area contributed by atoms with Crippen LogP contribution in [0.5, 0.6) is 0 Å². The van der Waals surface area contributed by atoms with Crippen LogP contribution >= 0.6 is 0 Å². The summed E-state index contributed by atoms with van der Waals surface area (Å²) in [5.74, 6) is -0.727. The molecule has 0 aliphatic heterocycles. The quantitative estimate of drug-likeness (QED) is 0.451. The van der Waals surface area contributed by atoms with Crippen molar-refractivity contribution < 1.29 is 19.8 Å². The Morgan fingerprint density at radius 3 is 2.39 bits per heavy atom. The summed E-state index contributed by atoms with van der Waals surface area (Å²) in [5.41, 5.74) is 3.07. The molecule has 0 unspecified atom stereocenters. The van der Waals surface area contributed by atoms with Crippen LogP contribution in [0.2, 0.25) is 0 Å². The van der Waals surface area contributed by atoms with Crippen molar-refractivity contribution in [1.82, 2.24) is 15.2 Å². The standard InChI is InChI=1S/C12H18N2.C11H14N2O4/c1-4-9-14-12-7-5-11(6-8-12)10(2)13-3;1-13(6-8-4-2-3-5-12-8)11(17)10(16)9(15)7-14/h4-10,13-14H,1-3H3;2-5,7,9-10,15-16H,6H2,1H3/b9-4-;/t10-;9-,10+/m10/s1. The van der Waals surface area contributed by atoms with E-state index in [1.807, 2.05) is 26.2 Å². The number of amides is 1. The molecule has 2 rings (SSSR count). The number of nitrogens with one attached hydrogen (secondary N) is 2. The number of rotatable bonds is 9. The normalized spacial score (nSPS) is 13.5. The molecule has 8 heteroatoms. The lowest BCUT2D eigenvalue weighted by atomic mass is 10.1. The van der Waals surface area contributed by atoms with Crippen molar-refractivity contribution in [1.29, 1.82) is 0 Å². The molecule has 168 valence electrons. The van der Waals surface area contributed by atoms with E-state index in [4.69, 9.17) is 5.11 Å². The average molecular weight is 429 g/mol. The fourth-order valence-electron chi connectivity index (χ4n) is 2.47. The lowest BCUT2D eigenvalue weighted by Gasteiger charge is -2.21. The van der Waals surface area contributed by atoms with E-state index in [2.05, 4.69) is 46.8 Å². The van der Waals surface area contributed by atoms with Crippen LogP contribution in [0.3, 0.4) is 0 Å². The molecule has 2 aromatic rings. The van der Waals surface area contributed by atoms with Crippen molar-refractivity contribution in [3.8, 4) is 0 Å². The molecule has 8 nitrogen and oxygen atoms in total. The highest BCUT2D eigenvalue weighted by Gasteiger charge is 2.26. The van der Waals surface area contributed by atoms with Gasteiger partial charge in [0.2, 0.25) is 0 Å². The molecule has 0 radical (unpaired) electrons. The molecule has 1 amide bonds. The number of carbonyl (C=O) groups excluding carboxylic acids is 2. The van der Waals surface area contributed by atoms with Gasteiger partial charge in [-0.25, -0.2) is 0 Å². The highest BCUT2D eigenvalue weighted by molar-refractivity contribution is 5.84. The number of hydrogen-bond donors (Lipinski definition) is 4. The zero-order valence-corrected chi connectivity index (χ0v) is 18.4. The lowest BCUT2D eigenvalue weighted by Crippen LogP contribution is -2.43. The second-order valence-corrected chi connectivity index (χ2v) is 6.86. The number of benzene rings is 1. The second kappa shape index (κ2) is 14.0. The predicted octanol–water partition coefficient (Wildman–Crippen LogP) is 1.87. The van der Waals surface area contributed by atoms with E-state index < -0.39 is 18.1 Å². The SMILES string of the molecule is C/C=C\Nc1ccc([C@@H](C)NC)cc1.CN(Cc1ccccn1)C(=O)[C@H](O)[C@@H](O)C=O. The van der Waals surface area contributed by atoms with Crippen LogP contribution in [0.1, 0.15) is 31.1 Å². The van der Waals surface area contributed by atoms with Crippen molar-refractivity contribution >= 4 is 17.9 Å². The molecule has 0 aliphatic carbocycles. The maximum atomic E-state index is 11.6. The summed E-state index contributed by atoms with van der Waals surface area (Å²) < 4.78 is 0. The second-order valence-electron chi connectivity index (χ2n) is 6.86. The fraction of sp³-hybridized carbons (Fsp3) is 0.348. The van der Waals surface area contributed by atoms with Gasteiger partial charge in [-0.15, -0.1) is 0 Å². The highest BCUT2D eigenvalue weighted by atomic mass is 16.3. The van der Waals surface area contributed by atoms with Crippen molar-refractivity contribution in [2.24, 2.45) is 0 Å². The summed E-state index contributed by atoms with van der Waals surface area (Å²) in [4.78, 5) is 27.0. The van der Waals surface area contributed by atoms with Gasteiger partial charge < -0.3 is 30.5 Å². The molecule has 0 bridgehead atoms. The maximum absolute atomic E-state index is 11.6. The van der Waals surface area contributed by atoms with Crippen LogP contribution in [-0.2, 0) is 16.1 Å². The van der Waals surface area contributed by atoms with E-state index in [9.17, 15) is 14.7 Å². The predicted molar refractivity (Wildman–Crippen MR) is 121 cm³/mol. The van der Waals surface area contributed by atoms with E-state index in [0.29, 0.717) is 11.7 Å². The Balaban J connectivity index is 0.000000316. The first-order valence-electron chi connectivity index (χ1n) is 9.95. The number of aliphatic hydroxyl groups excluding tert-OH is 2. The van der Waals surface area contributed by atoms with E-state index in [1.54, 1.807) is 24.4 Å². The molecular weight excluding hydrogens is 396 g/mol. The van der Waals surface area contributed by atoms with Gasteiger partial charge in [0.15, 0.2) is 12.4 Å². The number of anilines is 1. The Hall–Kier alpha value is -3.07. The molecule has 3 atom stereocenters. The summed E-state index contributed by atoms with van der Waals surface area (Å²) in [5, 5.41) is 24.8. The molecule has 0 fully saturated rings. The van der Waals surface area contributed by atoms with Crippen molar-refractivity contribution in [2.75, 3.05) is 19.4 Å². The van der Waals surface area contributed by atoms with Gasteiger partial charge in [-0.3, -0.25) is 9.78 Å². The number of likely N-dealkylation sites (N-methyl/N-ethyl adjacent to an activating group) is 1. The van der Waals surface area contributed by atoms with Crippen LogP contribution < -0.4 is 10.6 Å². The Morgan fingerprint density at radius 1 is 1.19 bits per heavy atom. The maximum Gasteiger partial charge on any atom is 0.254 e. The monoisotopic (exact) mass is 428 g/mol. The van der Waals surface area contributed by atoms with Crippen LogP contribution in [0.4, 0.5) is 5.69 Å². The van der Waals surface area contributed by atoms with Gasteiger partial charge in [0.05, 0.1) is 12.2 Å². The van der Waals surface area contributed by atoms with Gasteiger partial charge in [-0.1, -0.05) is 24.3 Å². The number of aromatic nitrogens is 1. The van der Waals surface area contributed by atoms with Gasteiger partial charge in [0, 0.05) is 25.0 Å². The average Bonchev–Trinajstić information content (AvgIpc) is 2.82.